The van der Waals surface area contributed by atoms with Crippen molar-refractivity contribution in [1.82, 2.24) is 15.0 Å². The van der Waals surface area contributed by atoms with E-state index in [0.29, 0.717) is 74.1 Å². The number of nitrogens with zero attached hydrogens (tertiary/aromatic N) is 7. The third kappa shape index (κ3) is 10.8. The van der Waals surface area contributed by atoms with Crippen LogP contribution in [0.5, 0.6) is 17.2 Å². The molecule has 0 aliphatic rings. The van der Waals surface area contributed by atoms with Gasteiger partial charge in [-0.05, 0) is 174 Å². The Hall–Kier alpha value is -13.8. The summed E-state index contributed by atoms with van der Waals surface area (Å²) in [7, 11) is 0. The van der Waals surface area contributed by atoms with Gasteiger partial charge in [0.2, 0.25) is 0 Å². The molecule has 0 aliphatic carbocycles. The van der Waals surface area contributed by atoms with Crippen molar-refractivity contribution in [2.75, 3.05) is 15.5 Å². The molecule has 0 aliphatic heterocycles. The van der Waals surface area contributed by atoms with Gasteiger partial charge in [-0.1, -0.05) is 141 Å². The Kier molecular flexibility index (Phi) is 15.3. The number of nitrogens with one attached hydrogen (secondary N) is 5. The van der Waals surface area contributed by atoms with Gasteiger partial charge in [-0.15, -0.1) is 15.3 Å². The third-order valence-corrected chi connectivity index (χ3v) is 19.3. The minimum Gasteiger partial charge on any atom is -0.505 e. The molecule has 0 atom stereocenters. The third-order valence-electron chi connectivity index (χ3n) is 19.3. The molecule has 0 saturated carbocycles. The number of para-hydroxylation sites is 5. The van der Waals surface area contributed by atoms with E-state index in [4.69, 9.17) is 30.7 Å². The van der Waals surface area contributed by atoms with Crippen molar-refractivity contribution < 1.29 is 24.9 Å². The first-order valence-electron chi connectivity index (χ1n) is 33.6. The zero-order valence-electron chi connectivity index (χ0n) is 55.4. The molecule has 2 amide bonds. The highest BCUT2D eigenvalue weighted by atomic mass is 16.3. The number of hydrogen-bond donors (Lipinski definition) is 8. The van der Waals surface area contributed by atoms with E-state index >= 15 is 0 Å². The SMILES string of the molecule is CCc1ccccc1NC(=O)c1cc2ccc3c4ccccc4[nH]c3c2c(N=Nc2ccc(N(c3ccc(/N=N\c4c(O)c(C(=O)Nc5ccccc5CC)cc5ccc6c7ccccc7[nH]c6c45)cc3)c3ccc(/N=N/c4c(O)c(C)cc5ccc6c7ccccc7[nH]c6c45)cc3)cc2)c1O. The maximum absolute atomic E-state index is 14.3. The van der Waals surface area contributed by atoms with Gasteiger partial charge in [0.05, 0.1) is 44.7 Å². The van der Waals surface area contributed by atoms with Crippen molar-refractivity contribution in [3.05, 3.63) is 277 Å². The molecule has 14 aromatic carbocycles. The number of aromatic amines is 3. The number of carbonyl (C=O) groups is 2. The Labute approximate surface area is 582 Å². The second-order valence-electron chi connectivity index (χ2n) is 25.3. The number of amides is 2. The summed E-state index contributed by atoms with van der Waals surface area (Å²) >= 11 is 0. The molecule has 0 radical (unpaired) electrons. The normalized spacial score (nSPS) is 12.0. The van der Waals surface area contributed by atoms with Gasteiger partial charge in [-0.3, -0.25) is 9.59 Å². The van der Waals surface area contributed by atoms with Crippen LogP contribution in [0, 0.1) is 6.92 Å². The zero-order chi connectivity index (χ0) is 69.3. The number of benzene rings is 14. The molecule has 0 spiro atoms. The Morgan fingerprint density at radius 1 is 0.363 bits per heavy atom. The zero-order valence-corrected chi connectivity index (χ0v) is 55.4. The highest BCUT2D eigenvalue weighted by molar-refractivity contribution is 6.25. The molecule has 0 saturated heterocycles. The number of azo groups is 3. The van der Waals surface area contributed by atoms with Crippen LogP contribution in [-0.2, 0) is 12.8 Å². The Bertz CT molecular complexity index is 6110. The Morgan fingerprint density at radius 2 is 0.686 bits per heavy atom. The molecule has 0 fully saturated rings. The van der Waals surface area contributed by atoms with Gasteiger partial charge in [0.1, 0.15) is 22.8 Å². The van der Waals surface area contributed by atoms with Crippen molar-refractivity contribution in [1.29, 1.82) is 0 Å². The first-order chi connectivity index (χ1) is 49.9. The van der Waals surface area contributed by atoms with Crippen molar-refractivity contribution in [2.45, 2.75) is 33.6 Å². The topological polar surface area (TPSA) is 244 Å². The maximum Gasteiger partial charge on any atom is 0.259 e. The predicted octanol–water partition coefficient (Wildman–Crippen LogP) is 23.8. The number of phenolic OH excluding ortho intramolecular Hbond substituents is 3. The molecule has 3 aromatic heterocycles. The molecule has 0 bridgehead atoms. The molecule has 17 rings (SSSR count). The van der Waals surface area contributed by atoms with E-state index in [-0.39, 0.29) is 39.8 Å². The first-order valence-corrected chi connectivity index (χ1v) is 33.6. The van der Waals surface area contributed by atoms with E-state index in [9.17, 15) is 24.9 Å². The Balaban J connectivity index is 0.750. The number of anilines is 5. The number of aromatic nitrogens is 3. The summed E-state index contributed by atoms with van der Waals surface area (Å²) in [4.78, 5) is 41.3. The van der Waals surface area contributed by atoms with E-state index < -0.39 is 11.8 Å². The lowest BCUT2D eigenvalue weighted by molar-refractivity contribution is 0.101. The monoisotopic (exact) mass is 1330 g/mol. The van der Waals surface area contributed by atoms with Gasteiger partial charge in [0.15, 0.2) is 11.5 Å². The number of fused-ring (bicyclic) bond motifs is 15. The average Bonchev–Trinajstić information content (AvgIpc) is 1.59. The van der Waals surface area contributed by atoms with E-state index in [0.717, 1.165) is 104 Å². The minimum atomic E-state index is -0.493. The molecule has 0 unspecified atom stereocenters. The van der Waals surface area contributed by atoms with Crippen LogP contribution in [0.3, 0.4) is 0 Å². The molecular formula is C85H62N12O5. The fraction of sp³-hybridized carbons (Fsp3) is 0.0588. The van der Waals surface area contributed by atoms with Gasteiger partial charge < -0.3 is 45.8 Å². The molecule has 17 aromatic rings. The molecule has 492 valence electrons. The molecule has 102 heavy (non-hydrogen) atoms. The summed E-state index contributed by atoms with van der Waals surface area (Å²) in [6.07, 6.45) is 1.39. The van der Waals surface area contributed by atoms with Crippen LogP contribution in [0.25, 0.3) is 97.7 Å². The quantitative estimate of drug-likeness (QED) is 0.0464. The van der Waals surface area contributed by atoms with Crippen molar-refractivity contribution in [3.8, 4) is 17.2 Å². The smallest absolute Gasteiger partial charge is 0.259 e. The first kappa shape index (κ1) is 61.8. The van der Waals surface area contributed by atoms with Crippen LogP contribution in [0.2, 0.25) is 0 Å². The summed E-state index contributed by atoms with van der Waals surface area (Å²) in [5, 5.41) is 81.1. The second kappa shape index (κ2) is 25.2. The standard InChI is InChI=1S/C85H62N12O5/c1-4-48-16-6-11-21-67(48)89-84(101)65-45-51-27-42-63-60-19-9-14-24-70(60)87-76(63)73(51)79(82(65)99)95-92-54-31-37-57(38-32-54)97(56-35-29-53(30-36-56)91-94-78-72-50(44-47(3)81(78)98)26-41-62-59-18-8-13-23-69(59)86-75(62)72)58-39-33-55(34-40-58)93-96-80-74-52(28-43-64-61-20-10-15-25-71(61)88-77(64)74)46-66(83(80)100)85(102)90-68-22-12-7-17-49(68)5-2/h6-46,86-88,98-100H,4-5H2,1-3H3,(H,89,101)(H,90,102)/b94-91+,95-92-,96-93?. The molecule has 17 heteroatoms. The number of hydrogen-bond acceptors (Lipinski definition) is 12. The fourth-order valence-corrected chi connectivity index (χ4v) is 14.2. The summed E-state index contributed by atoms with van der Waals surface area (Å²) < 4.78 is 0. The maximum atomic E-state index is 14.3. The van der Waals surface area contributed by atoms with Gasteiger partial charge in [0, 0.05) is 93.5 Å². The number of H-pyrrole nitrogens is 3. The van der Waals surface area contributed by atoms with Crippen LogP contribution >= 0.6 is 0 Å². The summed E-state index contributed by atoms with van der Waals surface area (Å²) in [6.45, 7) is 5.89. The van der Waals surface area contributed by atoms with Gasteiger partial charge >= 0.3 is 0 Å². The van der Waals surface area contributed by atoms with Crippen molar-refractivity contribution in [2.24, 2.45) is 30.7 Å². The average molecular weight is 1330 g/mol. The second-order valence-corrected chi connectivity index (χ2v) is 25.3. The Morgan fingerprint density at radius 3 is 1.05 bits per heavy atom. The highest BCUT2D eigenvalue weighted by Crippen LogP contribution is 2.49. The van der Waals surface area contributed by atoms with Crippen LogP contribution in [-0.4, -0.2) is 42.1 Å². The van der Waals surface area contributed by atoms with E-state index in [1.807, 2.05) is 250 Å². The molecular weight excluding hydrogens is 1270 g/mol. The lowest BCUT2D eigenvalue weighted by atomic mass is 10.00. The fourth-order valence-electron chi connectivity index (χ4n) is 14.2. The predicted molar refractivity (Wildman–Crippen MR) is 411 cm³/mol. The van der Waals surface area contributed by atoms with Gasteiger partial charge in [-0.2, -0.15) is 15.3 Å². The van der Waals surface area contributed by atoms with E-state index in [1.54, 1.807) is 12.1 Å². The van der Waals surface area contributed by atoms with Crippen molar-refractivity contribution in [3.63, 3.8) is 0 Å². The lowest BCUT2D eigenvalue weighted by Crippen LogP contribution is -2.13. The number of phenols is 3. The van der Waals surface area contributed by atoms with Crippen LogP contribution in [0.1, 0.15) is 51.3 Å². The molecule has 3 heterocycles. The number of rotatable bonds is 15. The summed E-state index contributed by atoms with van der Waals surface area (Å²) in [5.74, 6) is -1.60. The summed E-state index contributed by atoms with van der Waals surface area (Å²) in [6, 6.07) is 79.1. The summed E-state index contributed by atoms with van der Waals surface area (Å²) in [5.41, 5.74) is 13.3. The number of aryl methyl sites for hydroxylation is 3. The van der Waals surface area contributed by atoms with Gasteiger partial charge in [-0.25, -0.2) is 0 Å². The van der Waals surface area contributed by atoms with E-state index in [1.165, 1.54) is 0 Å². The van der Waals surface area contributed by atoms with Crippen LogP contribution in [0.4, 0.5) is 62.6 Å². The van der Waals surface area contributed by atoms with Crippen LogP contribution < -0.4 is 15.5 Å². The molecule has 17 nitrogen and oxygen atoms in total. The number of carbonyl (C=O) groups excluding carboxylic acids is 2. The number of aromatic hydroxyl groups is 3. The van der Waals surface area contributed by atoms with Crippen molar-refractivity contribution >= 4 is 172 Å². The van der Waals surface area contributed by atoms with Crippen LogP contribution in [0.15, 0.2) is 279 Å². The molecule has 8 N–H and O–H groups in total. The highest BCUT2D eigenvalue weighted by Gasteiger charge is 2.26. The minimum absolute atomic E-state index is 0.0369. The van der Waals surface area contributed by atoms with E-state index in [2.05, 4.69) is 37.7 Å². The largest absolute Gasteiger partial charge is 0.505 e. The lowest BCUT2D eigenvalue weighted by Gasteiger charge is -2.25. The van der Waals surface area contributed by atoms with Gasteiger partial charge in [0.25, 0.3) is 11.8 Å².